The van der Waals surface area contributed by atoms with Gasteiger partial charge in [-0.25, -0.2) is 9.37 Å². The largest absolute Gasteiger partial charge is 0.356 e. The zero-order chi connectivity index (χ0) is 19.8. The van der Waals surface area contributed by atoms with Gasteiger partial charge in [0.05, 0.1) is 0 Å². The molecule has 1 aliphatic heterocycles. The lowest BCUT2D eigenvalue weighted by Gasteiger charge is -2.33. The van der Waals surface area contributed by atoms with E-state index in [4.69, 9.17) is 0 Å². The van der Waals surface area contributed by atoms with Gasteiger partial charge in [-0.15, -0.1) is 0 Å². The summed E-state index contributed by atoms with van der Waals surface area (Å²) in [6.45, 7) is 5.41. The molecule has 1 aromatic heterocycles. The van der Waals surface area contributed by atoms with Crippen molar-refractivity contribution in [2.75, 3.05) is 51.7 Å². The third-order valence-electron chi connectivity index (χ3n) is 4.96. The molecular weight excluding hydrogens is 355 g/mol. The molecule has 150 valence electrons. The van der Waals surface area contributed by atoms with E-state index < -0.39 is 0 Å². The highest BCUT2D eigenvalue weighted by Gasteiger charge is 2.14. The zero-order valence-electron chi connectivity index (χ0n) is 16.7. The van der Waals surface area contributed by atoms with Crippen molar-refractivity contribution in [1.82, 2.24) is 20.5 Å². The maximum Gasteiger partial charge on any atom is 0.191 e. The predicted molar refractivity (Wildman–Crippen MR) is 112 cm³/mol. The molecule has 0 amide bonds. The monoisotopic (exact) mass is 384 g/mol. The first-order chi connectivity index (χ1) is 13.7. The second-order valence-electron chi connectivity index (χ2n) is 7.01. The van der Waals surface area contributed by atoms with Gasteiger partial charge < -0.3 is 20.4 Å². The summed E-state index contributed by atoms with van der Waals surface area (Å²) in [5.41, 5.74) is 1.80. The quantitative estimate of drug-likeness (QED) is 0.588. The minimum atomic E-state index is -0.168. The second-order valence-corrected chi connectivity index (χ2v) is 7.01. The smallest absolute Gasteiger partial charge is 0.191 e. The Morgan fingerprint density at radius 2 is 1.89 bits per heavy atom. The number of likely N-dealkylation sites (N-methyl/N-ethyl adjacent to an activating group) is 1. The molecule has 0 saturated carbocycles. The number of pyridine rings is 1. The van der Waals surface area contributed by atoms with Crippen molar-refractivity contribution in [3.05, 3.63) is 59.5 Å². The van der Waals surface area contributed by atoms with Crippen LogP contribution in [0.2, 0.25) is 0 Å². The molecule has 7 heteroatoms. The van der Waals surface area contributed by atoms with Crippen molar-refractivity contribution in [2.24, 2.45) is 4.99 Å². The zero-order valence-corrected chi connectivity index (χ0v) is 16.7. The van der Waals surface area contributed by atoms with Crippen LogP contribution in [0.1, 0.15) is 11.1 Å². The lowest BCUT2D eigenvalue weighted by molar-refractivity contribution is 0.312. The normalized spacial score (nSPS) is 15.5. The lowest BCUT2D eigenvalue weighted by atomic mass is 10.1. The Morgan fingerprint density at radius 1 is 1.11 bits per heavy atom. The van der Waals surface area contributed by atoms with Gasteiger partial charge in [-0.05, 0) is 36.7 Å². The summed E-state index contributed by atoms with van der Waals surface area (Å²) in [6.07, 6.45) is 2.52. The van der Waals surface area contributed by atoms with Crippen molar-refractivity contribution in [3.63, 3.8) is 0 Å². The number of aromatic nitrogens is 1. The molecule has 2 N–H and O–H groups in total. The summed E-state index contributed by atoms with van der Waals surface area (Å²) in [6, 6.07) is 11.0. The Bertz CT molecular complexity index is 769. The van der Waals surface area contributed by atoms with E-state index in [0.717, 1.165) is 37.6 Å². The van der Waals surface area contributed by atoms with Crippen LogP contribution in [-0.2, 0) is 13.0 Å². The van der Waals surface area contributed by atoms with E-state index in [9.17, 15) is 4.39 Å². The molecule has 1 aliphatic rings. The highest BCUT2D eigenvalue weighted by molar-refractivity contribution is 5.79. The fraction of sp³-hybridized carbons (Fsp3) is 0.429. The van der Waals surface area contributed by atoms with Crippen molar-refractivity contribution in [1.29, 1.82) is 0 Å². The van der Waals surface area contributed by atoms with E-state index in [-0.39, 0.29) is 5.82 Å². The fourth-order valence-corrected chi connectivity index (χ4v) is 3.17. The molecule has 0 aliphatic carbocycles. The number of guanidine groups is 1. The molecule has 0 spiro atoms. The first kappa shape index (κ1) is 20.1. The average molecular weight is 385 g/mol. The van der Waals surface area contributed by atoms with Gasteiger partial charge in [0.25, 0.3) is 0 Å². The predicted octanol–water partition coefficient (Wildman–Crippen LogP) is 1.88. The Hall–Kier alpha value is -2.67. The van der Waals surface area contributed by atoms with Gasteiger partial charge in [0.15, 0.2) is 5.96 Å². The number of hydrogen-bond donors (Lipinski definition) is 2. The molecule has 0 atom stereocenters. The highest BCUT2D eigenvalue weighted by Crippen LogP contribution is 2.13. The third-order valence-corrected chi connectivity index (χ3v) is 4.96. The second kappa shape index (κ2) is 10.0. The van der Waals surface area contributed by atoms with E-state index in [2.05, 4.69) is 49.6 Å². The fourth-order valence-electron chi connectivity index (χ4n) is 3.17. The SMILES string of the molecule is CN=C(NCCc1ccccc1F)NCc1ccc(N2CCN(C)CC2)nc1. The van der Waals surface area contributed by atoms with Gasteiger partial charge in [-0.3, -0.25) is 4.99 Å². The van der Waals surface area contributed by atoms with E-state index in [1.807, 2.05) is 12.3 Å². The Kier molecular flexibility index (Phi) is 7.19. The van der Waals surface area contributed by atoms with Crippen molar-refractivity contribution >= 4 is 11.8 Å². The van der Waals surface area contributed by atoms with Gasteiger partial charge >= 0.3 is 0 Å². The molecule has 2 aromatic rings. The lowest BCUT2D eigenvalue weighted by Crippen LogP contribution is -2.44. The van der Waals surface area contributed by atoms with Crippen LogP contribution >= 0.6 is 0 Å². The summed E-state index contributed by atoms with van der Waals surface area (Å²) in [4.78, 5) is 13.5. The average Bonchev–Trinajstić information content (AvgIpc) is 2.73. The molecule has 1 saturated heterocycles. The maximum absolute atomic E-state index is 13.7. The molecule has 0 unspecified atom stereocenters. The molecule has 0 bridgehead atoms. The Balaban J connectivity index is 1.44. The molecule has 3 rings (SSSR count). The van der Waals surface area contributed by atoms with Crippen molar-refractivity contribution < 1.29 is 4.39 Å². The topological polar surface area (TPSA) is 55.8 Å². The van der Waals surface area contributed by atoms with Crippen LogP contribution in [0.25, 0.3) is 0 Å². The van der Waals surface area contributed by atoms with Crippen LogP contribution in [0.3, 0.4) is 0 Å². The van der Waals surface area contributed by atoms with E-state index in [1.165, 1.54) is 6.07 Å². The van der Waals surface area contributed by atoms with Crippen LogP contribution in [0.4, 0.5) is 10.2 Å². The Morgan fingerprint density at radius 3 is 2.57 bits per heavy atom. The number of benzene rings is 1. The van der Waals surface area contributed by atoms with Gasteiger partial charge in [-0.2, -0.15) is 0 Å². The first-order valence-corrected chi connectivity index (χ1v) is 9.72. The summed E-state index contributed by atoms with van der Waals surface area (Å²) >= 11 is 0. The molecule has 6 nitrogen and oxygen atoms in total. The minimum absolute atomic E-state index is 0.168. The van der Waals surface area contributed by atoms with Gasteiger partial charge in [0.1, 0.15) is 11.6 Å². The maximum atomic E-state index is 13.7. The number of rotatable bonds is 6. The number of nitrogens with one attached hydrogen (secondary N) is 2. The number of anilines is 1. The highest BCUT2D eigenvalue weighted by atomic mass is 19.1. The standard InChI is InChI=1S/C21H29FN6/c1-23-21(24-10-9-18-5-3-4-6-19(18)22)26-16-17-7-8-20(25-15-17)28-13-11-27(2)12-14-28/h3-8,15H,9-14,16H2,1-2H3,(H2,23,24,26). The van der Waals surface area contributed by atoms with Crippen molar-refractivity contribution in [3.8, 4) is 0 Å². The molecule has 1 aromatic carbocycles. The molecule has 0 radical (unpaired) electrons. The number of nitrogens with zero attached hydrogens (tertiary/aromatic N) is 4. The molecule has 2 heterocycles. The van der Waals surface area contributed by atoms with Crippen LogP contribution in [0.5, 0.6) is 0 Å². The van der Waals surface area contributed by atoms with Crippen LogP contribution < -0.4 is 15.5 Å². The van der Waals surface area contributed by atoms with Gasteiger partial charge in [-0.1, -0.05) is 24.3 Å². The summed E-state index contributed by atoms with van der Waals surface area (Å²) < 4.78 is 13.7. The molecular formula is C21H29FN6. The number of halogens is 1. The van der Waals surface area contributed by atoms with Crippen LogP contribution in [0.15, 0.2) is 47.6 Å². The van der Waals surface area contributed by atoms with Gasteiger partial charge in [0.2, 0.25) is 0 Å². The number of piperazine rings is 1. The Labute approximate surface area is 166 Å². The van der Waals surface area contributed by atoms with Crippen LogP contribution in [0, 0.1) is 5.82 Å². The molecule has 1 fully saturated rings. The number of hydrogen-bond acceptors (Lipinski definition) is 4. The van der Waals surface area contributed by atoms with E-state index in [0.29, 0.717) is 31.0 Å². The van der Waals surface area contributed by atoms with Crippen molar-refractivity contribution in [2.45, 2.75) is 13.0 Å². The number of aliphatic imine (C=N–C) groups is 1. The first-order valence-electron chi connectivity index (χ1n) is 9.72. The molecule has 28 heavy (non-hydrogen) atoms. The summed E-state index contributed by atoms with van der Waals surface area (Å²) in [5, 5.41) is 6.50. The minimum Gasteiger partial charge on any atom is -0.356 e. The summed E-state index contributed by atoms with van der Waals surface area (Å²) in [7, 11) is 3.88. The third kappa shape index (κ3) is 5.66. The summed E-state index contributed by atoms with van der Waals surface area (Å²) in [5.74, 6) is 1.56. The van der Waals surface area contributed by atoms with Gasteiger partial charge in [0, 0.05) is 52.5 Å². The van der Waals surface area contributed by atoms with Crippen LogP contribution in [-0.4, -0.2) is 62.7 Å². The van der Waals surface area contributed by atoms with E-state index in [1.54, 1.807) is 19.2 Å². The van der Waals surface area contributed by atoms with E-state index >= 15 is 0 Å².